The molecule has 0 bridgehead atoms. The van der Waals surface area contributed by atoms with Crippen molar-refractivity contribution in [3.8, 4) is 0 Å². The van der Waals surface area contributed by atoms with Gasteiger partial charge in [0.05, 0.1) is 6.61 Å². The van der Waals surface area contributed by atoms with Crippen molar-refractivity contribution in [3.63, 3.8) is 0 Å². The summed E-state index contributed by atoms with van der Waals surface area (Å²) in [6.07, 6.45) is 6.58. The Morgan fingerprint density at radius 1 is 1.15 bits per heavy atom. The van der Waals surface area contributed by atoms with Crippen LogP contribution in [-0.2, 0) is 14.3 Å². The summed E-state index contributed by atoms with van der Waals surface area (Å²) in [5.41, 5.74) is 5.99. The van der Waals surface area contributed by atoms with Gasteiger partial charge in [0.2, 0.25) is 11.8 Å². The standard InChI is InChI=1S/C25H46N4O4S/c1-6-7-15-33-24(32)28-21(25(4,5)34-17(2)3)23(31)29-14-8-9-20(29)22(30)27-16-18-10-12-19(26)13-11-18/h17-21H,6-16,26H2,1-5H3,(H,27,30)(H,28,32)/t18?,19?,20-,21-/m0/s1. The highest BCUT2D eigenvalue weighted by atomic mass is 32.2. The third-order valence-electron chi connectivity index (χ3n) is 6.77. The van der Waals surface area contributed by atoms with E-state index in [0.29, 0.717) is 32.0 Å². The summed E-state index contributed by atoms with van der Waals surface area (Å²) in [6, 6.07) is -1.01. The van der Waals surface area contributed by atoms with Crippen molar-refractivity contribution in [3.05, 3.63) is 0 Å². The van der Waals surface area contributed by atoms with Crippen LogP contribution in [0.1, 0.15) is 86.0 Å². The molecule has 1 saturated carbocycles. The molecule has 8 nitrogen and oxygen atoms in total. The fourth-order valence-corrected chi connectivity index (χ4v) is 6.41. The summed E-state index contributed by atoms with van der Waals surface area (Å²) in [5.74, 6) is 0.134. The average Bonchev–Trinajstić information content (AvgIpc) is 3.26. The first-order chi connectivity index (χ1) is 16.0. The zero-order chi connectivity index (χ0) is 25.3. The highest BCUT2D eigenvalue weighted by molar-refractivity contribution is 8.01. The lowest BCUT2D eigenvalue weighted by atomic mass is 9.86. The molecule has 3 amide bonds. The van der Waals surface area contributed by atoms with E-state index in [2.05, 4.69) is 24.5 Å². The number of nitrogens with zero attached hydrogens (tertiary/aromatic N) is 1. The van der Waals surface area contributed by atoms with Gasteiger partial charge in [-0.05, 0) is 70.0 Å². The molecule has 0 unspecified atom stereocenters. The quantitative estimate of drug-likeness (QED) is 0.376. The minimum Gasteiger partial charge on any atom is -0.450 e. The summed E-state index contributed by atoms with van der Waals surface area (Å²) in [5, 5.41) is 6.18. The lowest BCUT2D eigenvalue weighted by molar-refractivity contribution is -0.140. The van der Waals surface area contributed by atoms with Crippen LogP contribution in [-0.4, -0.2) is 70.6 Å². The van der Waals surface area contributed by atoms with Gasteiger partial charge in [0.1, 0.15) is 12.1 Å². The van der Waals surface area contributed by atoms with Crippen LogP contribution in [0.15, 0.2) is 0 Å². The fourth-order valence-electron chi connectivity index (χ4n) is 4.90. The molecule has 0 aromatic rings. The molecule has 9 heteroatoms. The largest absolute Gasteiger partial charge is 0.450 e. The molecule has 4 N–H and O–H groups in total. The van der Waals surface area contributed by atoms with Gasteiger partial charge in [0.25, 0.3) is 0 Å². The van der Waals surface area contributed by atoms with E-state index < -0.39 is 22.9 Å². The zero-order valence-electron chi connectivity index (χ0n) is 21.7. The number of hydrogen-bond donors (Lipinski definition) is 3. The molecule has 2 aliphatic rings. The van der Waals surface area contributed by atoms with Crippen molar-refractivity contribution in [1.29, 1.82) is 0 Å². The van der Waals surface area contributed by atoms with Crippen LogP contribution < -0.4 is 16.4 Å². The van der Waals surface area contributed by atoms with E-state index in [-0.39, 0.29) is 23.1 Å². The molecule has 196 valence electrons. The molecular weight excluding hydrogens is 452 g/mol. The van der Waals surface area contributed by atoms with Crippen LogP contribution in [0.4, 0.5) is 4.79 Å². The SMILES string of the molecule is CCCCOC(=O)N[C@@H](C(=O)N1CCC[C@H]1C(=O)NCC1CCC(N)CC1)C(C)(C)SC(C)C. The van der Waals surface area contributed by atoms with E-state index in [1.807, 2.05) is 20.8 Å². The fraction of sp³-hybridized carbons (Fsp3) is 0.880. The summed E-state index contributed by atoms with van der Waals surface area (Å²) >= 11 is 1.63. The Kier molecular flexibility index (Phi) is 11.5. The van der Waals surface area contributed by atoms with Gasteiger partial charge >= 0.3 is 6.09 Å². The maximum Gasteiger partial charge on any atom is 0.407 e. The summed E-state index contributed by atoms with van der Waals surface area (Å²) in [7, 11) is 0. The van der Waals surface area contributed by atoms with Crippen LogP contribution in [0.3, 0.4) is 0 Å². The number of nitrogens with one attached hydrogen (secondary N) is 2. The van der Waals surface area contributed by atoms with Gasteiger partial charge in [-0.15, -0.1) is 0 Å². The Morgan fingerprint density at radius 3 is 2.44 bits per heavy atom. The monoisotopic (exact) mass is 498 g/mol. The van der Waals surface area contributed by atoms with Crippen molar-refractivity contribution in [2.75, 3.05) is 19.7 Å². The van der Waals surface area contributed by atoms with E-state index in [4.69, 9.17) is 10.5 Å². The minimum absolute atomic E-state index is 0.0979. The maximum absolute atomic E-state index is 13.7. The van der Waals surface area contributed by atoms with Gasteiger partial charge in [-0.1, -0.05) is 27.2 Å². The molecule has 1 aliphatic carbocycles. The third-order valence-corrected chi connectivity index (χ3v) is 8.08. The molecular formula is C25H46N4O4S. The Labute approximate surface area is 209 Å². The van der Waals surface area contributed by atoms with Crippen LogP contribution in [0, 0.1) is 5.92 Å². The smallest absolute Gasteiger partial charge is 0.407 e. The Bertz CT molecular complexity index is 680. The Balaban J connectivity index is 2.06. The molecule has 2 atom stereocenters. The molecule has 0 aromatic heterocycles. The number of likely N-dealkylation sites (tertiary alicyclic amines) is 1. The second-order valence-electron chi connectivity index (χ2n) is 10.6. The van der Waals surface area contributed by atoms with Gasteiger partial charge in [0, 0.05) is 23.9 Å². The number of thioether (sulfide) groups is 1. The Morgan fingerprint density at radius 2 is 1.82 bits per heavy atom. The van der Waals surface area contributed by atoms with Gasteiger partial charge in [0.15, 0.2) is 0 Å². The van der Waals surface area contributed by atoms with Crippen LogP contribution >= 0.6 is 11.8 Å². The first kappa shape index (κ1) is 28.8. The van der Waals surface area contributed by atoms with E-state index in [9.17, 15) is 14.4 Å². The van der Waals surface area contributed by atoms with Crippen LogP contribution in [0.5, 0.6) is 0 Å². The van der Waals surface area contributed by atoms with Gasteiger partial charge < -0.3 is 26.0 Å². The number of alkyl carbamates (subject to hydrolysis) is 1. The lowest BCUT2D eigenvalue weighted by Crippen LogP contribution is -2.60. The predicted molar refractivity (Wildman–Crippen MR) is 138 cm³/mol. The van der Waals surface area contributed by atoms with E-state index in [1.54, 1.807) is 16.7 Å². The molecule has 2 rings (SSSR count). The lowest BCUT2D eigenvalue weighted by Gasteiger charge is -2.38. The summed E-state index contributed by atoms with van der Waals surface area (Å²) in [6.45, 7) is 11.6. The van der Waals surface area contributed by atoms with Crippen molar-refractivity contribution in [2.45, 2.75) is 114 Å². The minimum atomic E-state index is -0.790. The number of hydrogen-bond acceptors (Lipinski definition) is 6. The summed E-state index contributed by atoms with van der Waals surface area (Å²) in [4.78, 5) is 41.0. The number of rotatable bonds is 11. The topological polar surface area (TPSA) is 114 Å². The van der Waals surface area contributed by atoms with Crippen molar-refractivity contribution < 1.29 is 19.1 Å². The Hall–Kier alpha value is -1.48. The average molecular weight is 499 g/mol. The molecule has 1 heterocycles. The molecule has 34 heavy (non-hydrogen) atoms. The maximum atomic E-state index is 13.7. The van der Waals surface area contributed by atoms with Crippen LogP contribution in [0.2, 0.25) is 0 Å². The van der Waals surface area contributed by atoms with E-state index in [0.717, 1.165) is 44.9 Å². The van der Waals surface area contributed by atoms with Gasteiger partial charge in [-0.2, -0.15) is 11.8 Å². The van der Waals surface area contributed by atoms with Gasteiger partial charge in [-0.25, -0.2) is 4.79 Å². The van der Waals surface area contributed by atoms with E-state index >= 15 is 0 Å². The van der Waals surface area contributed by atoms with Crippen molar-refractivity contribution in [1.82, 2.24) is 15.5 Å². The number of carbonyl (C=O) groups is 3. The van der Waals surface area contributed by atoms with E-state index in [1.165, 1.54) is 0 Å². The van der Waals surface area contributed by atoms with Crippen LogP contribution in [0.25, 0.3) is 0 Å². The van der Waals surface area contributed by atoms with Gasteiger partial charge in [-0.3, -0.25) is 9.59 Å². The number of amides is 3. The second-order valence-corrected chi connectivity index (χ2v) is 12.8. The first-order valence-corrected chi connectivity index (χ1v) is 13.9. The van der Waals surface area contributed by atoms with Crippen molar-refractivity contribution in [2.24, 2.45) is 11.7 Å². The normalized spacial score (nSPS) is 24.1. The first-order valence-electron chi connectivity index (χ1n) is 13.0. The molecule has 0 aromatic carbocycles. The molecule has 1 aliphatic heterocycles. The zero-order valence-corrected chi connectivity index (χ0v) is 22.5. The molecule has 1 saturated heterocycles. The number of unbranched alkanes of at least 4 members (excludes halogenated alkanes) is 1. The molecule has 2 fully saturated rings. The predicted octanol–water partition coefficient (Wildman–Crippen LogP) is 3.43. The summed E-state index contributed by atoms with van der Waals surface area (Å²) < 4.78 is 4.73. The third kappa shape index (κ3) is 8.63. The second kappa shape index (κ2) is 13.6. The highest BCUT2D eigenvalue weighted by Gasteiger charge is 2.44. The number of ether oxygens (including phenoxy) is 1. The highest BCUT2D eigenvalue weighted by Crippen LogP contribution is 2.34. The number of nitrogens with two attached hydrogens (primary N) is 1. The molecule has 0 radical (unpaired) electrons. The number of carbonyl (C=O) groups excluding carboxylic acids is 3. The molecule has 0 spiro atoms. The van der Waals surface area contributed by atoms with Crippen molar-refractivity contribution >= 4 is 29.7 Å².